The van der Waals surface area contributed by atoms with Crippen LogP contribution in [0.15, 0.2) is 42.5 Å². The van der Waals surface area contributed by atoms with E-state index in [2.05, 4.69) is 21.3 Å². The fourth-order valence-corrected chi connectivity index (χ4v) is 14.5. The van der Waals surface area contributed by atoms with Gasteiger partial charge in [-0.3, -0.25) is 81.9 Å². The molecule has 3 saturated heterocycles. The van der Waals surface area contributed by atoms with Crippen molar-refractivity contribution in [2.24, 2.45) is 23.7 Å². The number of carboxylic acid groups (broad SMARTS) is 5. The summed E-state index contributed by atoms with van der Waals surface area (Å²) in [5.74, 6) is -16.0. The number of aliphatic hydroxyl groups is 1. The molecule has 5 rings (SSSR count). The number of Topliss-reactive ketones (excluding diaryl/α,β-unsaturated/α-hetero) is 3. The Balaban J connectivity index is 1.44. The van der Waals surface area contributed by atoms with Crippen LogP contribution in [0.5, 0.6) is 11.5 Å². The van der Waals surface area contributed by atoms with Crippen LogP contribution >= 0.6 is 33.2 Å². The number of aromatic hydroxyl groups is 2. The Morgan fingerprint density at radius 2 is 1.28 bits per heavy atom. The number of halogens is 1. The monoisotopic (exact) mass is 1420 g/mol. The third-order valence-corrected chi connectivity index (χ3v) is 19.8. The number of hydrogen-bond acceptors (Lipinski definition) is 22. The van der Waals surface area contributed by atoms with Gasteiger partial charge in [-0.25, -0.2) is 0 Å². The third kappa shape index (κ3) is 28.1. The highest BCUT2D eigenvalue weighted by Gasteiger charge is 2.43. The third-order valence-electron chi connectivity index (χ3n) is 16.9. The summed E-state index contributed by atoms with van der Waals surface area (Å²) in [5.41, 5.74) is 0.813. The average molecular weight is 1420 g/mol. The molecule has 3 heterocycles. The van der Waals surface area contributed by atoms with Crippen LogP contribution in [0.3, 0.4) is 0 Å². The number of nitrogens with zero attached hydrogens (tertiary/aromatic N) is 5. The molecule has 0 aliphatic carbocycles. The minimum absolute atomic E-state index is 0.00857. The first-order valence-electron chi connectivity index (χ1n) is 32.1. The number of nitrogens with one attached hydrogen (secondary N) is 4. The number of carbonyl (C=O) groups excluding carboxylic acids is 8. The highest BCUT2D eigenvalue weighted by molar-refractivity contribution is 8.76. The predicted molar refractivity (Wildman–Crippen MR) is 354 cm³/mol. The molecule has 12 N–H and O–H groups in total. The number of carboxylic acids is 5. The number of amides is 5. The van der Waals surface area contributed by atoms with E-state index in [9.17, 15) is 98.4 Å². The predicted octanol–water partition coefficient (Wildman–Crippen LogP) is 0.830. The molecule has 536 valence electrons. The smallest absolute Gasteiger partial charge is 0.320 e. The minimum Gasteiger partial charge on any atom is -0.508 e. The van der Waals surface area contributed by atoms with Crippen molar-refractivity contribution in [3.8, 4) is 11.5 Å². The number of phenols is 2. The van der Waals surface area contributed by atoms with Gasteiger partial charge in [0.1, 0.15) is 23.6 Å². The van der Waals surface area contributed by atoms with Crippen LogP contribution < -0.4 is 21.3 Å². The summed E-state index contributed by atoms with van der Waals surface area (Å²) in [6.07, 6.45) is -5.23. The van der Waals surface area contributed by atoms with Crippen molar-refractivity contribution in [3.63, 3.8) is 0 Å². The molecule has 30 nitrogen and oxygen atoms in total. The van der Waals surface area contributed by atoms with E-state index in [4.69, 9.17) is 11.6 Å². The fraction of sp³-hybridized carbons (Fsp3) is 0.609. The number of benzene rings is 2. The fourth-order valence-electron chi connectivity index (χ4n) is 11.9. The SMILES string of the molecule is CC(C)C[C@@H]1CC(=O)CNC(=O)[C@H](Cc2ccc(O)c(Cl)c2)CC(=O)[C@@H]2C[C@@H](O)CN2C(=O)[C@@H](NC(=O)[C@@H](CCC(=O)O)CC(=O)[C@H](Cc2ccc(O)cc2)NC(=O)CCC(C(=O)O)N2CCN(CC(=O)O)CCN(CC(=O)O)CCN(CC(=O)O)CC2)CSSC[C@@H](C)NC1=O. The van der Waals surface area contributed by atoms with E-state index in [0.29, 0.717) is 17.5 Å². The van der Waals surface area contributed by atoms with E-state index in [1.54, 1.807) is 6.92 Å². The van der Waals surface area contributed by atoms with Gasteiger partial charge < -0.3 is 67.0 Å². The highest BCUT2D eigenvalue weighted by Crippen LogP contribution is 2.31. The van der Waals surface area contributed by atoms with Crippen molar-refractivity contribution < 1.29 is 103 Å². The van der Waals surface area contributed by atoms with Crippen molar-refractivity contribution >= 4 is 110 Å². The normalized spacial score (nSPS) is 22.7. The summed E-state index contributed by atoms with van der Waals surface area (Å²) in [6.45, 7) is 3.19. The standard InChI is InChI=1S/C64H90ClN9O21S2/c1-37(2)22-42-26-45(76)30-66-60(90)43(23-40-6-11-52(78)47(65)24-40)28-54(80)51-29-46(77)31-74(51)63(93)49(36-97-96-35-38(3)67-62(42)92)69-61(91)41(7-13-56(82)83)27-53(79)48(25-39-4-8-44(75)9-5-39)68-55(81)12-10-50(64(94)95)73-20-18-71(33-58(86)87)16-14-70(32-57(84)85)15-17-72(19-21-73)34-59(88)89/h4-6,8-9,11,24,37-38,41-43,46,48-51,75,77-78H,7,10,12-23,25-36H2,1-3H3,(H,66,90)(H,67,92)(H,68,81)(H,69,91)(H,82,83)(H,84,85)(H,86,87)(H,88,89)(H,94,95)/t38-,41+,42-,43-,46-,48+,49+,50?,51+/m1/s1. The van der Waals surface area contributed by atoms with Gasteiger partial charge >= 0.3 is 29.8 Å². The molecule has 2 aromatic carbocycles. The number of hydrogen-bond donors (Lipinski definition) is 12. The van der Waals surface area contributed by atoms with E-state index in [1.165, 1.54) is 72.9 Å². The van der Waals surface area contributed by atoms with Gasteiger partial charge in [-0.2, -0.15) is 0 Å². The van der Waals surface area contributed by atoms with Crippen LogP contribution in [-0.2, 0) is 75.2 Å². The first-order chi connectivity index (χ1) is 45.8. The zero-order valence-corrected chi connectivity index (χ0v) is 56.9. The van der Waals surface area contributed by atoms with E-state index in [1.807, 2.05) is 13.8 Å². The van der Waals surface area contributed by atoms with E-state index >= 15 is 4.79 Å². The molecule has 2 aromatic rings. The summed E-state index contributed by atoms with van der Waals surface area (Å²) in [7, 11) is 2.29. The maximum absolute atomic E-state index is 15.0. The lowest BCUT2D eigenvalue weighted by Crippen LogP contribution is -2.54. The van der Waals surface area contributed by atoms with Crippen molar-refractivity contribution in [1.29, 1.82) is 0 Å². The van der Waals surface area contributed by atoms with Gasteiger partial charge in [0, 0.05) is 133 Å². The number of aliphatic carboxylic acids is 5. The van der Waals surface area contributed by atoms with Crippen LogP contribution in [0, 0.1) is 23.7 Å². The Morgan fingerprint density at radius 3 is 1.84 bits per heavy atom. The highest BCUT2D eigenvalue weighted by atomic mass is 35.5. The van der Waals surface area contributed by atoms with Crippen molar-refractivity contribution in [2.45, 2.75) is 128 Å². The number of ketones is 3. The summed E-state index contributed by atoms with van der Waals surface area (Å²) >= 11 is 6.22. The molecule has 0 spiro atoms. The molecule has 0 aromatic heterocycles. The zero-order valence-electron chi connectivity index (χ0n) is 54.5. The molecule has 1 unspecified atom stereocenters. The van der Waals surface area contributed by atoms with Gasteiger partial charge in [0.25, 0.3) is 0 Å². The summed E-state index contributed by atoms with van der Waals surface area (Å²) in [5, 5.41) is 91.8. The first kappa shape index (κ1) is 80.2. The molecule has 0 radical (unpaired) electrons. The van der Waals surface area contributed by atoms with Crippen LogP contribution in [0.2, 0.25) is 5.02 Å². The maximum Gasteiger partial charge on any atom is 0.320 e. The molecule has 5 amide bonds. The van der Waals surface area contributed by atoms with Crippen molar-refractivity contribution in [2.75, 3.05) is 96.6 Å². The lowest BCUT2D eigenvalue weighted by Gasteiger charge is -2.35. The molecule has 3 aliphatic rings. The van der Waals surface area contributed by atoms with Gasteiger partial charge in [0.15, 0.2) is 17.3 Å². The van der Waals surface area contributed by atoms with Crippen LogP contribution in [0.4, 0.5) is 0 Å². The zero-order chi connectivity index (χ0) is 71.6. The number of carbonyl (C=O) groups is 13. The lowest BCUT2D eigenvalue weighted by atomic mass is 9.90. The Kier molecular flexibility index (Phi) is 32.9. The second-order valence-corrected chi connectivity index (χ2v) is 28.3. The van der Waals surface area contributed by atoms with Gasteiger partial charge in [-0.05, 0) is 80.3 Å². The van der Waals surface area contributed by atoms with Crippen molar-refractivity contribution in [3.05, 3.63) is 58.6 Å². The molecular weight excluding hydrogens is 1330 g/mol. The Hall–Kier alpha value is -7.46. The van der Waals surface area contributed by atoms with Gasteiger partial charge in [-0.15, -0.1) is 0 Å². The number of aliphatic hydroxyl groups excluding tert-OH is 1. The Bertz CT molecular complexity index is 3080. The molecule has 3 aliphatic heterocycles. The minimum atomic E-state index is -1.54. The molecule has 3 fully saturated rings. The molecular formula is C64H90ClN9O21S2. The van der Waals surface area contributed by atoms with Gasteiger partial charge in [-0.1, -0.05) is 65.2 Å². The van der Waals surface area contributed by atoms with Gasteiger partial charge in [0.05, 0.1) is 49.4 Å². The Labute approximate surface area is 574 Å². The lowest BCUT2D eigenvalue weighted by molar-refractivity contribution is -0.145. The number of rotatable bonds is 26. The first-order valence-corrected chi connectivity index (χ1v) is 34.9. The summed E-state index contributed by atoms with van der Waals surface area (Å²) in [6, 6.07) is 3.36. The average Bonchev–Trinajstić information content (AvgIpc) is 1.70. The molecule has 33 heteroatoms. The maximum atomic E-state index is 15.0. The Morgan fingerprint density at radius 1 is 0.701 bits per heavy atom. The largest absolute Gasteiger partial charge is 0.508 e. The van der Waals surface area contributed by atoms with Crippen molar-refractivity contribution in [1.82, 2.24) is 45.8 Å². The van der Waals surface area contributed by atoms with Gasteiger partial charge in [0.2, 0.25) is 29.5 Å². The van der Waals surface area contributed by atoms with Crippen LogP contribution in [0.25, 0.3) is 0 Å². The second kappa shape index (κ2) is 39.8. The number of fused-ring (bicyclic) bond motifs is 1. The van der Waals surface area contributed by atoms with E-state index in [0.717, 1.165) is 15.7 Å². The summed E-state index contributed by atoms with van der Waals surface area (Å²) in [4.78, 5) is 183. The molecule has 97 heavy (non-hydrogen) atoms. The molecule has 9 atom stereocenters. The van der Waals surface area contributed by atoms with E-state index in [-0.39, 0.29) is 112 Å². The quantitative estimate of drug-likeness (QED) is 0.0580. The van der Waals surface area contributed by atoms with Crippen LogP contribution in [-0.4, -0.2) is 275 Å². The topological polar surface area (TPSA) is 448 Å². The second-order valence-electron chi connectivity index (χ2n) is 25.3. The van der Waals surface area contributed by atoms with Crippen LogP contribution in [0.1, 0.15) is 89.7 Å². The molecule has 0 bridgehead atoms. The summed E-state index contributed by atoms with van der Waals surface area (Å²) < 4.78 is 0. The molecule has 0 saturated carbocycles. The van der Waals surface area contributed by atoms with E-state index < -0.39 is 202 Å². The number of phenolic OH excluding ortho intramolecular Hbond substituents is 2.